The maximum Gasteiger partial charge on any atom is 0.319 e. The highest BCUT2D eigenvalue weighted by Crippen LogP contribution is 2.27. The smallest absolute Gasteiger partial charge is 0.319 e. The number of fused-ring (bicyclic) bond motifs is 1. The quantitative estimate of drug-likeness (QED) is 0.379. The van der Waals surface area contributed by atoms with Crippen LogP contribution in [-0.4, -0.2) is 42.8 Å². The van der Waals surface area contributed by atoms with E-state index in [0.717, 1.165) is 0 Å². The third kappa shape index (κ3) is 3.76. The maximum atomic E-state index is 13.8. The van der Waals surface area contributed by atoms with Crippen molar-refractivity contribution in [3.63, 3.8) is 0 Å². The lowest BCUT2D eigenvalue weighted by Crippen LogP contribution is -2.16. The zero-order valence-corrected chi connectivity index (χ0v) is 14.5. The van der Waals surface area contributed by atoms with Crippen LogP contribution in [0.15, 0.2) is 35.6 Å². The highest BCUT2D eigenvalue weighted by Gasteiger charge is 2.20. The van der Waals surface area contributed by atoms with Crippen LogP contribution in [0.5, 0.6) is 0 Å². The van der Waals surface area contributed by atoms with Gasteiger partial charge in [-0.05, 0) is 19.9 Å². The van der Waals surface area contributed by atoms with Gasteiger partial charge in [-0.2, -0.15) is 0 Å². The lowest BCUT2D eigenvalue weighted by molar-refractivity contribution is -0.142. The minimum atomic E-state index is -0.435. The molecule has 0 aliphatic rings. The number of carbonyl (C=O) groups is 1. The van der Waals surface area contributed by atoms with Crippen molar-refractivity contribution >= 4 is 28.9 Å². The van der Waals surface area contributed by atoms with E-state index in [-0.39, 0.29) is 18.3 Å². The van der Waals surface area contributed by atoms with Crippen molar-refractivity contribution in [3.8, 4) is 0 Å². The second kappa shape index (κ2) is 7.56. The molecule has 0 radical (unpaired) electrons. The lowest BCUT2D eigenvalue weighted by Gasteiger charge is -2.09. The zero-order valence-electron chi connectivity index (χ0n) is 13.7. The fourth-order valence-electron chi connectivity index (χ4n) is 2.23. The van der Waals surface area contributed by atoms with Gasteiger partial charge >= 0.3 is 5.97 Å². The molecule has 2 aromatic heterocycles. The van der Waals surface area contributed by atoms with E-state index in [4.69, 9.17) is 4.74 Å². The highest BCUT2D eigenvalue weighted by atomic mass is 32.2. The predicted molar refractivity (Wildman–Crippen MR) is 90.6 cm³/mol. The zero-order chi connectivity index (χ0) is 17.8. The molecule has 0 fully saturated rings. The number of ether oxygens (including phenoxy) is 1. The van der Waals surface area contributed by atoms with Crippen LogP contribution in [0.1, 0.15) is 19.4 Å². The molecule has 0 aliphatic heterocycles. The van der Waals surface area contributed by atoms with Crippen LogP contribution < -0.4 is 0 Å². The Morgan fingerprint density at radius 2 is 2.16 bits per heavy atom. The standard InChI is InChI=1S/C16H16FN5O2S/c1-3-24-16(23)10(2)25-15-13-14(18-9-19-15)22(21-20-13)8-11-6-4-5-7-12(11)17/h4-7,9-10H,3,8H2,1-2H3/t10-/m0/s1. The Morgan fingerprint density at radius 1 is 1.36 bits per heavy atom. The normalized spacial score (nSPS) is 12.3. The Kier molecular flexibility index (Phi) is 5.22. The number of carbonyl (C=O) groups excluding carboxylic acids is 1. The van der Waals surface area contributed by atoms with E-state index >= 15 is 0 Å². The number of esters is 1. The molecule has 0 spiro atoms. The molecular formula is C16H16FN5O2S. The topological polar surface area (TPSA) is 82.8 Å². The van der Waals surface area contributed by atoms with Crippen molar-refractivity contribution in [1.82, 2.24) is 25.0 Å². The summed E-state index contributed by atoms with van der Waals surface area (Å²) in [5.74, 6) is -0.635. The largest absolute Gasteiger partial charge is 0.465 e. The van der Waals surface area contributed by atoms with E-state index in [1.807, 2.05) is 0 Å². The van der Waals surface area contributed by atoms with E-state index in [2.05, 4.69) is 20.3 Å². The van der Waals surface area contributed by atoms with Gasteiger partial charge in [0.05, 0.1) is 13.2 Å². The fourth-order valence-corrected chi connectivity index (χ4v) is 3.08. The first-order chi connectivity index (χ1) is 12.1. The van der Waals surface area contributed by atoms with Crippen LogP contribution in [0.3, 0.4) is 0 Å². The second-order valence-corrected chi connectivity index (χ2v) is 6.53. The van der Waals surface area contributed by atoms with Gasteiger partial charge in [-0.1, -0.05) is 35.2 Å². The van der Waals surface area contributed by atoms with E-state index in [9.17, 15) is 9.18 Å². The summed E-state index contributed by atoms with van der Waals surface area (Å²) in [6.07, 6.45) is 1.38. The molecule has 0 aliphatic carbocycles. The van der Waals surface area contributed by atoms with Crippen LogP contribution in [-0.2, 0) is 16.1 Å². The van der Waals surface area contributed by atoms with Gasteiger partial charge in [0.25, 0.3) is 0 Å². The summed E-state index contributed by atoms with van der Waals surface area (Å²) in [6.45, 7) is 4.02. The van der Waals surface area contributed by atoms with Crippen molar-refractivity contribution in [2.75, 3.05) is 6.61 Å². The van der Waals surface area contributed by atoms with E-state index in [0.29, 0.717) is 28.4 Å². The van der Waals surface area contributed by atoms with Crippen LogP contribution in [0, 0.1) is 5.82 Å². The Bertz CT molecular complexity index is 901. The van der Waals surface area contributed by atoms with E-state index in [1.54, 1.807) is 32.0 Å². The Labute approximate surface area is 147 Å². The molecule has 0 saturated carbocycles. The van der Waals surface area contributed by atoms with Gasteiger partial charge in [0.1, 0.15) is 22.4 Å². The van der Waals surface area contributed by atoms with Gasteiger partial charge in [-0.25, -0.2) is 19.0 Å². The number of halogens is 1. The molecule has 9 heteroatoms. The molecular weight excluding hydrogens is 345 g/mol. The molecule has 25 heavy (non-hydrogen) atoms. The van der Waals surface area contributed by atoms with Crippen molar-refractivity contribution in [3.05, 3.63) is 42.0 Å². The van der Waals surface area contributed by atoms with Crippen LogP contribution >= 0.6 is 11.8 Å². The van der Waals surface area contributed by atoms with Gasteiger partial charge < -0.3 is 4.74 Å². The summed E-state index contributed by atoms with van der Waals surface area (Å²) in [5.41, 5.74) is 1.44. The molecule has 3 aromatic rings. The number of aromatic nitrogens is 5. The molecule has 1 atom stereocenters. The summed E-state index contributed by atoms with van der Waals surface area (Å²) in [7, 11) is 0. The molecule has 2 heterocycles. The average molecular weight is 361 g/mol. The number of nitrogens with zero attached hydrogens (tertiary/aromatic N) is 5. The summed E-state index contributed by atoms with van der Waals surface area (Å²) >= 11 is 1.23. The molecule has 0 saturated heterocycles. The number of rotatable bonds is 6. The number of thioether (sulfide) groups is 1. The summed E-state index contributed by atoms with van der Waals surface area (Å²) in [4.78, 5) is 20.2. The van der Waals surface area contributed by atoms with E-state index in [1.165, 1.54) is 28.8 Å². The van der Waals surface area contributed by atoms with Gasteiger partial charge in [0, 0.05) is 5.56 Å². The third-order valence-electron chi connectivity index (χ3n) is 3.45. The first-order valence-corrected chi connectivity index (χ1v) is 8.59. The van der Waals surface area contributed by atoms with Crippen LogP contribution in [0.4, 0.5) is 4.39 Å². The number of hydrogen-bond acceptors (Lipinski definition) is 7. The van der Waals surface area contributed by atoms with Gasteiger partial charge in [-0.15, -0.1) is 5.10 Å². The number of benzene rings is 1. The van der Waals surface area contributed by atoms with Crippen LogP contribution in [0.25, 0.3) is 11.2 Å². The molecule has 0 bridgehead atoms. The van der Waals surface area contributed by atoms with Crippen molar-refractivity contribution < 1.29 is 13.9 Å². The molecule has 7 nitrogen and oxygen atoms in total. The van der Waals surface area contributed by atoms with Crippen molar-refractivity contribution in [1.29, 1.82) is 0 Å². The fraction of sp³-hybridized carbons (Fsp3) is 0.312. The van der Waals surface area contributed by atoms with Crippen molar-refractivity contribution in [2.24, 2.45) is 0 Å². The minimum absolute atomic E-state index is 0.206. The summed E-state index contributed by atoms with van der Waals surface area (Å²) in [5, 5.41) is 8.24. The van der Waals surface area contributed by atoms with Gasteiger partial charge in [0.15, 0.2) is 11.2 Å². The first kappa shape index (κ1) is 17.3. The van der Waals surface area contributed by atoms with Crippen LogP contribution in [0.2, 0.25) is 0 Å². The predicted octanol–water partition coefficient (Wildman–Crippen LogP) is 2.45. The summed E-state index contributed by atoms with van der Waals surface area (Å²) < 4.78 is 20.4. The molecule has 130 valence electrons. The van der Waals surface area contributed by atoms with Gasteiger partial charge in [0.2, 0.25) is 0 Å². The first-order valence-electron chi connectivity index (χ1n) is 7.71. The number of hydrogen-bond donors (Lipinski definition) is 0. The summed E-state index contributed by atoms with van der Waals surface area (Å²) in [6, 6.07) is 6.47. The maximum absolute atomic E-state index is 13.8. The average Bonchev–Trinajstić information content (AvgIpc) is 3.01. The lowest BCUT2D eigenvalue weighted by atomic mass is 10.2. The van der Waals surface area contributed by atoms with Crippen molar-refractivity contribution in [2.45, 2.75) is 30.7 Å². The Hall–Kier alpha value is -2.55. The second-order valence-electron chi connectivity index (χ2n) is 5.20. The molecule has 1 aromatic carbocycles. The van der Waals surface area contributed by atoms with Gasteiger partial charge in [-0.3, -0.25) is 4.79 Å². The molecule has 3 rings (SSSR count). The molecule has 0 unspecified atom stereocenters. The third-order valence-corrected chi connectivity index (χ3v) is 4.52. The monoisotopic (exact) mass is 361 g/mol. The SMILES string of the molecule is CCOC(=O)[C@H](C)Sc1ncnc2c1nnn2Cc1ccccc1F. The van der Waals surface area contributed by atoms with E-state index < -0.39 is 5.25 Å². The Morgan fingerprint density at radius 3 is 2.92 bits per heavy atom. The molecule has 0 amide bonds. The minimum Gasteiger partial charge on any atom is -0.465 e. The Balaban J connectivity index is 1.87. The molecule has 0 N–H and O–H groups in total. The highest BCUT2D eigenvalue weighted by molar-refractivity contribution is 8.00.